The first-order chi connectivity index (χ1) is 9.21. The average Bonchev–Trinajstić information content (AvgIpc) is 3.22. The van der Waals surface area contributed by atoms with Crippen LogP contribution in [0, 0.1) is 0 Å². The third-order valence-electron chi connectivity index (χ3n) is 4.35. The van der Waals surface area contributed by atoms with E-state index in [4.69, 9.17) is 0 Å². The van der Waals surface area contributed by atoms with Gasteiger partial charge in [-0.1, -0.05) is 30.3 Å². The van der Waals surface area contributed by atoms with Crippen LogP contribution in [0.5, 0.6) is 0 Å². The van der Waals surface area contributed by atoms with Gasteiger partial charge in [-0.3, -0.25) is 14.6 Å². The number of piperazine rings is 1. The van der Waals surface area contributed by atoms with Crippen LogP contribution in [0.15, 0.2) is 30.3 Å². The Hall–Kier alpha value is -1.39. The quantitative estimate of drug-likeness (QED) is 0.889. The maximum Gasteiger partial charge on any atom is 0.324 e. The van der Waals surface area contributed by atoms with E-state index < -0.39 is 11.5 Å². The third kappa shape index (κ3) is 2.51. The molecule has 1 aromatic carbocycles. The van der Waals surface area contributed by atoms with Crippen molar-refractivity contribution in [1.82, 2.24) is 9.80 Å². The number of aliphatic carboxylic acids is 1. The summed E-state index contributed by atoms with van der Waals surface area (Å²) < 4.78 is 0. The molecule has 0 unspecified atom stereocenters. The molecule has 19 heavy (non-hydrogen) atoms. The summed E-state index contributed by atoms with van der Waals surface area (Å²) in [6.07, 6.45) is 1.64. The van der Waals surface area contributed by atoms with Gasteiger partial charge in [0, 0.05) is 32.7 Å². The molecule has 4 nitrogen and oxygen atoms in total. The van der Waals surface area contributed by atoms with Gasteiger partial charge in [-0.15, -0.1) is 0 Å². The zero-order chi connectivity index (χ0) is 13.3. The predicted octanol–water partition coefficient (Wildman–Crippen LogP) is 1.42. The van der Waals surface area contributed by atoms with Gasteiger partial charge in [0.1, 0.15) is 5.54 Å². The number of hydrogen-bond donors (Lipinski definition) is 1. The van der Waals surface area contributed by atoms with Crippen LogP contribution >= 0.6 is 0 Å². The Labute approximate surface area is 113 Å². The number of hydrogen-bond acceptors (Lipinski definition) is 3. The minimum atomic E-state index is -0.635. The molecule has 1 saturated heterocycles. The van der Waals surface area contributed by atoms with E-state index in [2.05, 4.69) is 34.1 Å². The Kier molecular flexibility index (Phi) is 3.29. The molecule has 0 radical (unpaired) electrons. The Balaban J connectivity index is 1.54. The van der Waals surface area contributed by atoms with E-state index in [-0.39, 0.29) is 0 Å². The van der Waals surface area contributed by atoms with Crippen molar-refractivity contribution in [2.45, 2.75) is 24.9 Å². The van der Waals surface area contributed by atoms with E-state index >= 15 is 0 Å². The lowest BCUT2D eigenvalue weighted by Gasteiger charge is -2.38. The van der Waals surface area contributed by atoms with Gasteiger partial charge >= 0.3 is 5.97 Å². The Bertz CT molecular complexity index is 448. The Morgan fingerprint density at radius 1 is 1.11 bits per heavy atom. The molecule has 102 valence electrons. The van der Waals surface area contributed by atoms with E-state index in [1.54, 1.807) is 0 Å². The number of rotatable bonds is 4. The second kappa shape index (κ2) is 4.94. The second-order valence-corrected chi connectivity index (χ2v) is 5.59. The molecule has 0 aromatic heterocycles. The van der Waals surface area contributed by atoms with Crippen LogP contribution in [0.4, 0.5) is 0 Å². The van der Waals surface area contributed by atoms with Crippen molar-refractivity contribution in [2.75, 3.05) is 26.2 Å². The summed E-state index contributed by atoms with van der Waals surface area (Å²) in [5.74, 6) is -0.635. The highest BCUT2D eigenvalue weighted by Gasteiger charge is 2.55. The molecular weight excluding hydrogens is 240 g/mol. The summed E-state index contributed by atoms with van der Waals surface area (Å²) in [4.78, 5) is 15.9. The third-order valence-corrected chi connectivity index (χ3v) is 4.35. The van der Waals surface area contributed by atoms with Crippen molar-refractivity contribution in [1.29, 1.82) is 0 Å². The molecule has 2 aliphatic rings. The molecular formula is C15H20N2O2. The highest BCUT2D eigenvalue weighted by molar-refractivity contribution is 5.82. The fourth-order valence-corrected chi connectivity index (χ4v) is 2.96. The molecule has 2 fully saturated rings. The molecule has 0 atom stereocenters. The van der Waals surface area contributed by atoms with E-state index in [1.807, 2.05) is 6.07 Å². The van der Waals surface area contributed by atoms with Gasteiger partial charge < -0.3 is 5.11 Å². The van der Waals surface area contributed by atoms with Crippen LogP contribution in [0.25, 0.3) is 0 Å². The molecule has 1 heterocycles. The fourth-order valence-electron chi connectivity index (χ4n) is 2.96. The van der Waals surface area contributed by atoms with E-state index in [9.17, 15) is 9.90 Å². The predicted molar refractivity (Wildman–Crippen MR) is 72.9 cm³/mol. The number of carboxylic acids is 1. The molecule has 3 rings (SSSR count). The van der Waals surface area contributed by atoms with Crippen LogP contribution < -0.4 is 0 Å². The topological polar surface area (TPSA) is 43.8 Å². The molecule has 1 aliphatic carbocycles. The first-order valence-electron chi connectivity index (χ1n) is 6.95. The van der Waals surface area contributed by atoms with Gasteiger partial charge in [0.2, 0.25) is 0 Å². The van der Waals surface area contributed by atoms with Crippen molar-refractivity contribution in [3.63, 3.8) is 0 Å². The van der Waals surface area contributed by atoms with Gasteiger partial charge in [0.15, 0.2) is 0 Å². The lowest BCUT2D eigenvalue weighted by Crippen LogP contribution is -2.53. The number of carboxylic acid groups (broad SMARTS) is 1. The van der Waals surface area contributed by atoms with Crippen molar-refractivity contribution >= 4 is 5.97 Å². The summed E-state index contributed by atoms with van der Waals surface area (Å²) in [6.45, 7) is 4.64. The van der Waals surface area contributed by atoms with Gasteiger partial charge in [0.25, 0.3) is 0 Å². The molecule has 4 heteroatoms. The summed E-state index contributed by atoms with van der Waals surface area (Å²) in [7, 11) is 0. The number of benzene rings is 1. The first-order valence-corrected chi connectivity index (χ1v) is 6.95. The average molecular weight is 260 g/mol. The van der Waals surface area contributed by atoms with Crippen molar-refractivity contribution in [3.8, 4) is 0 Å². The summed E-state index contributed by atoms with van der Waals surface area (Å²) >= 11 is 0. The van der Waals surface area contributed by atoms with Gasteiger partial charge in [-0.25, -0.2) is 0 Å². The van der Waals surface area contributed by atoms with E-state index in [0.717, 1.165) is 45.6 Å². The number of nitrogens with zero attached hydrogens (tertiary/aromatic N) is 2. The van der Waals surface area contributed by atoms with Crippen LogP contribution in [0.1, 0.15) is 18.4 Å². The monoisotopic (exact) mass is 260 g/mol. The minimum Gasteiger partial charge on any atom is -0.480 e. The van der Waals surface area contributed by atoms with E-state index in [0.29, 0.717) is 0 Å². The molecule has 1 N–H and O–H groups in total. The van der Waals surface area contributed by atoms with E-state index in [1.165, 1.54) is 5.56 Å². The molecule has 1 aromatic rings. The lowest BCUT2D eigenvalue weighted by molar-refractivity contribution is -0.146. The van der Waals surface area contributed by atoms with Crippen LogP contribution in [-0.4, -0.2) is 52.6 Å². The molecule has 1 saturated carbocycles. The van der Waals surface area contributed by atoms with Crippen LogP contribution in [0.3, 0.4) is 0 Å². The Morgan fingerprint density at radius 3 is 2.26 bits per heavy atom. The first kappa shape index (κ1) is 12.6. The highest BCUT2D eigenvalue weighted by Crippen LogP contribution is 2.42. The Morgan fingerprint density at radius 2 is 1.74 bits per heavy atom. The van der Waals surface area contributed by atoms with Crippen LogP contribution in [0.2, 0.25) is 0 Å². The van der Waals surface area contributed by atoms with Gasteiger partial charge in [-0.2, -0.15) is 0 Å². The summed E-state index contributed by atoms with van der Waals surface area (Å²) in [6, 6.07) is 10.5. The maximum atomic E-state index is 11.3. The largest absolute Gasteiger partial charge is 0.480 e. The zero-order valence-corrected chi connectivity index (χ0v) is 11.1. The van der Waals surface area contributed by atoms with Gasteiger partial charge in [-0.05, 0) is 18.4 Å². The normalized spacial score (nSPS) is 23.2. The minimum absolute atomic E-state index is 0.515. The standard InChI is InChI=1S/C15H20N2O2/c18-14(19)15(6-7-15)17-10-8-16(9-11-17)12-13-4-2-1-3-5-13/h1-5H,6-12H2,(H,18,19). The SMILES string of the molecule is O=C(O)C1(N2CCN(Cc3ccccc3)CC2)CC1. The number of carbonyl (C=O) groups is 1. The van der Waals surface area contributed by atoms with Crippen molar-refractivity contribution in [3.05, 3.63) is 35.9 Å². The highest BCUT2D eigenvalue weighted by atomic mass is 16.4. The second-order valence-electron chi connectivity index (χ2n) is 5.59. The van der Waals surface area contributed by atoms with Crippen molar-refractivity contribution in [2.24, 2.45) is 0 Å². The smallest absolute Gasteiger partial charge is 0.324 e. The molecule has 0 spiro atoms. The van der Waals surface area contributed by atoms with Gasteiger partial charge in [0.05, 0.1) is 0 Å². The fraction of sp³-hybridized carbons (Fsp3) is 0.533. The van der Waals surface area contributed by atoms with Crippen molar-refractivity contribution < 1.29 is 9.90 Å². The molecule has 0 amide bonds. The van der Waals surface area contributed by atoms with Crippen LogP contribution in [-0.2, 0) is 11.3 Å². The summed E-state index contributed by atoms with van der Waals surface area (Å²) in [5, 5.41) is 9.30. The maximum absolute atomic E-state index is 11.3. The summed E-state index contributed by atoms with van der Waals surface area (Å²) in [5.41, 5.74) is 0.814. The zero-order valence-electron chi connectivity index (χ0n) is 11.1. The molecule has 1 aliphatic heterocycles. The molecule has 0 bridgehead atoms. The lowest BCUT2D eigenvalue weighted by atomic mass is 10.1.